The lowest BCUT2D eigenvalue weighted by atomic mass is 10.3. The number of carbonyl (C=O) groups is 1. The van der Waals surface area contributed by atoms with E-state index in [2.05, 4.69) is 0 Å². The van der Waals surface area contributed by atoms with E-state index in [-0.39, 0.29) is 0 Å². The minimum Gasteiger partial charge on any atom is -0.349 e. The van der Waals surface area contributed by atoms with Gasteiger partial charge in [0.1, 0.15) is 0 Å². The zero-order valence-electron chi connectivity index (χ0n) is 7.43. The van der Waals surface area contributed by atoms with E-state index in [1.165, 1.54) is 0 Å². The van der Waals surface area contributed by atoms with Crippen LogP contribution in [0.5, 0.6) is 0 Å². The van der Waals surface area contributed by atoms with E-state index in [1.54, 1.807) is 19.1 Å². The molecule has 0 saturated heterocycles. The molecule has 4 nitrogen and oxygen atoms in total. The van der Waals surface area contributed by atoms with Gasteiger partial charge in [0, 0.05) is 0 Å². The molecule has 1 aromatic rings. The number of para-hydroxylation sites is 1. The molecule has 0 atom stereocenters. The normalized spacial score (nSPS) is 9.62. The van der Waals surface area contributed by atoms with Gasteiger partial charge < -0.3 is 5.73 Å². The van der Waals surface area contributed by atoms with Gasteiger partial charge in [-0.1, -0.05) is 18.2 Å². The molecule has 0 unspecified atom stereocenters. The third-order valence-corrected chi connectivity index (χ3v) is 1.45. The van der Waals surface area contributed by atoms with Crippen LogP contribution in [-0.4, -0.2) is 12.6 Å². The van der Waals surface area contributed by atoms with Crippen LogP contribution in [0.2, 0.25) is 0 Å². The third kappa shape index (κ3) is 2.45. The highest BCUT2D eigenvalue weighted by molar-refractivity contribution is 5.88. The van der Waals surface area contributed by atoms with E-state index in [1.807, 2.05) is 18.2 Å². The Hall–Kier alpha value is -1.55. The summed E-state index contributed by atoms with van der Waals surface area (Å²) in [4.78, 5) is 16.0. The van der Waals surface area contributed by atoms with Crippen molar-refractivity contribution < 1.29 is 9.63 Å². The lowest BCUT2D eigenvalue weighted by Crippen LogP contribution is -2.35. The number of rotatable bonds is 3. The Balaban J connectivity index is 2.82. The molecule has 0 radical (unpaired) electrons. The summed E-state index contributed by atoms with van der Waals surface area (Å²) in [6, 6.07) is 8.36. The number of anilines is 1. The van der Waals surface area contributed by atoms with Crippen LogP contribution in [0, 0.1) is 0 Å². The van der Waals surface area contributed by atoms with Gasteiger partial charge in [0.15, 0.2) is 0 Å². The molecule has 1 rings (SSSR count). The van der Waals surface area contributed by atoms with Gasteiger partial charge in [0.25, 0.3) is 0 Å². The maximum atomic E-state index is 10.9. The highest BCUT2D eigenvalue weighted by Gasteiger charge is 2.10. The SMILES string of the molecule is CCON(C(N)=O)c1ccccc1. The first kappa shape index (κ1) is 9.54. The van der Waals surface area contributed by atoms with E-state index in [0.717, 1.165) is 5.06 Å². The molecule has 0 aliphatic carbocycles. The fraction of sp³-hybridized carbons (Fsp3) is 0.222. The summed E-state index contributed by atoms with van der Waals surface area (Å²) in [6.45, 7) is 2.19. The number of carbonyl (C=O) groups excluding carboxylic acids is 1. The van der Waals surface area contributed by atoms with Crippen molar-refractivity contribution in [3.63, 3.8) is 0 Å². The Morgan fingerprint density at radius 2 is 2.08 bits per heavy atom. The number of nitrogens with zero attached hydrogens (tertiary/aromatic N) is 1. The Labute approximate surface area is 76.9 Å². The summed E-state index contributed by atoms with van der Waals surface area (Å²) in [6.07, 6.45) is 0. The van der Waals surface area contributed by atoms with E-state index in [0.29, 0.717) is 12.3 Å². The predicted octanol–water partition coefficient (Wildman–Crippen LogP) is 1.52. The summed E-state index contributed by atoms with van der Waals surface area (Å²) in [7, 11) is 0. The number of nitrogens with two attached hydrogens (primary N) is 1. The molecule has 1 aromatic carbocycles. The molecule has 13 heavy (non-hydrogen) atoms. The van der Waals surface area contributed by atoms with Gasteiger partial charge in [-0.3, -0.25) is 4.84 Å². The zero-order valence-corrected chi connectivity index (χ0v) is 7.43. The van der Waals surface area contributed by atoms with Crippen LogP contribution in [-0.2, 0) is 4.84 Å². The Bertz CT molecular complexity index is 274. The van der Waals surface area contributed by atoms with Gasteiger partial charge in [-0.25, -0.2) is 4.79 Å². The molecule has 2 amide bonds. The fourth-order valence-electron chi connectivity index (χ4n) is 0.958. The quantitative estimate of drug-likeness (QED) is 0.717. The summed E-state index contributed by atoms with van der Waals surface area (Å²) in [5, 5.41) is 1.07. The van der Waals surface area contributed by atoms with Crippen molar-refractivity contribution in [2.24, 2.45) is 5.73 Å². The van der Waals surface area contributed by atoms with Crippen molar-refractivity contribution in [2.45, 2.75) is 6.92 Å². The largest absolute Gasteiger partial charge is 0.349 e. The van der Waals surface area contributed by atoms with Gasteiger partial charge in [-0.05, 0) is 19.1 Å². The van der Waals surface area contributed by atoms with Gasteiger partial charge in [0.05, 0.1) is 12.3 Å². The van der Waals surface area contributed by atoms with Crippen molar-refractivity contribution in [1.29, 1.82) is 0 Å². The molecule has 0 aromatic heterocycles. The molecule has 0 spiro atoms. The maximum absolute atomic E-state index is 10.9. The molecular weight excluding hydrogens is 168 g/mol. The van der Waals surface area contributed by atoms with Crippen molar-refractivity contribution in [1.82, 2.24) is 0 Å². The molecule has 0 aliphatic rings. The van der Waals surface area contributed by atoms with Crippen LogP contribution in [0.25, 0.3) is 0 Å². The van der Waals surface area contributed by atoms with E-state index >= 15 is 0 Å². The van der Waals surface area contributed by atoms with Crippen LogP contribution >= 0.6 is 0 Å². The number of benzene rings is 1. The van der Waals surface area contributed by atoms with Gasteiger partial charge in [-0.15, -0.1) is 0 Å². The highest BCUT2D eigenvalue weighted by atomic mass is 16.7. The van der Waals surface area contributed by atoms with Crippen molar-refractivity contribution in [2.75, 3.05) is 11.7 Å². The summed E-state index contributed by atoms with van der Waals surface area (Å²) < 4.78 is 0. The zero-order chi connectivity index (χ0) is 9.68. The first-order chi connectivity index (χ1) is 6.25. The topological polar surface area (TPSA) is 55.6 Å². The molecule has 0 saturated carbocycles. The molecular formula is C9H12N2O2. The smallest absolute Gasteiger partial charge is 0.343 e. The van der Waals surface area contributed by atoms with Gasteiger partial charge in [0.2, 0.25) is 0 Å². The monoisotopic (exact) mass is 180 g/mol. The second-order valence-electron chi connectivity index (χ2n) is 2.39. The minimum atomic E-state index is -0.618. The molecule has 0 fully saturated rings. The van der Waals surface area contributed by atoms with Crippen molar-refractivity contribution in [3.05, 3.63) is 30.3 Å². The summed E-state index contributed by atoms with van der Waals surface area (Å²) >= 11 is 0. The van der Waals surface area contributed by atoms with Crippen LogP contribution < -0.4 is 10.8 Å². The van der Waals surface area contributed by atoms with E-state index < -0.39 is 6.03 Å². The maximum Gasteiger partial charge on any atom is 0.343 e. The first-order valence-corrected chi connectivity index (χ1v) is 4.03. The molecule has 0 aliphatic heterocycles. The molecule has 4 heteroatoms. The number of hydroxylamine groups is 1. The highest BCUT2D eigenvalue weighted by Crippen LogP contribution is 2.12. The van der Waals surface area contributed by atoms with Gasteiger partial charge >= 0.3 is 6.03 Å². The van der Waals surface area contributed by atoms with Crippen molar-refractivity contribution >= 4 is 11.7 Å². The molecule has 0 bridgehead atoms. The predicted molar refractivity (Wildman–Crippen MR) is 50.1 cm³/mol. The van der Waals surface area contributed by atoms with Crippen LogP contribution in [0.4, 0.5) is 10.5 Å². The van der Waals surface area contributed by atoms with Crippen molar-refractivity contribution in [3.8, 4) is 0 Å². The minimum absolute atomic E-state index is 0.401. The number of urea groups is 1. The average Bonchev–Trinajstić information content (AvgIpc) is 2.15. The molecule has 70 valence electrons. The van der Waals surface area contributed by atoms with E-state index in [9.17, 15) is 4.79 Å². The summed E-state index contributed by atoms with van der Waals surface area (Å²) in [5.41, 5.74) is 5.75. The standard InChI is InChI=1S/C9H12N2O2/c1-2-13-11(9(10)12)8-6-4-3-5-7-8/h3-7H,2H2,1H3,(H2,10,12). The molecule has 0 heterocycles. The van der Waals surface area contributed by atoms with Crippen LogP contribution in [0.3, 0.4) is 0 Å². The van der Waals surface area contributed by atoms with E-state index in [4.69, 9.17) is 10.6 Å². The van der Waals surface area contributed by atoms with Gasteiger partial charge in [-0.2, -0.15) is 5.06 Å². The lowest BCUT2D eigenvalue weighted by molar-refractivity contribution is 0.131. The second kappa shape index (κ2) is 4.47. The Morgan fingerprint density at radius 1 is 1.46 bits per heavy atom. The van der Waals surface area contributed by atoms with Crippen LogP contribution in [0.15, 0.2) is 30.3 Å². The second-order valence-corrected chi connectivity index (χ2v) is 2.39. The summed E-state index contributed by atoms with van der Waals surface area (Å²) in [5.74, 6) is 0. The average molecular weight is 180 g/mol. The first-order valence-electron chi connectivity index (χ1n) is 4.03. The number of hydrogen-bond donors (Lipinski definition) is 1. The van der Waals surface area contributed by atoms with Crippen LogP contribution in [0.1, 0.15) is 6.92 Å². The Kier molecular flexibility index (Phi) is 3.28. The fourth-order valence-corrected chi connectivity index (χ4v) is 0.958. The third-order valence-electron chi connectivity index (χ3n) is 1.45. The Morgan fingerprint density at radius 3 is 2.54 bits per heavy atom. The number of hydrogen-bond acceptors (Lipinski definition) is 2. The number of amides is 2. The number of primary amides is 1. The molecule has 2 N–H and O–H groups in total. The lowest BCUT2D eigenvalue weighted by Gasteiger charge is -2.18.